The van der Waals surface area contributed by atoms with E-state index in [1.54, 1.807) is 6.07 Å². The Morgan fingerprint density at radius 2 is 1.84 bits per heavy atom. The van der Waals surface area contributed by atoms with Crippen molar-refractivity contribution in [1.82, 2.24) is 4.31 Å². The number of hydrogen-bond acceptors (Lipinski definition) is 6. The highest BCUT2D eigenvalue weighted by molar-refractivity contribution is 7.89. The van der Waals surface area contributed by atoms with E-state index in [1.165, 1.54) is 19.2 Å². The molecule has 0 atom stereocenters. The van der Waals surface area contributed by atoms with Gasteiger partial charge in [0, 0.05) is 13.1 Å². The van der Waals surface area contributed by atoms with Gasteiger partial charge in [0.25, 0.3) is 0 Å². The molecule has 1 aliphatic heterocycles. The van der Waals surface area contributed by atoms with Crippen molar-refractivity contribution < 1.29 is 27.4 Å². The molecule has 0 saturated heterocycles. The van der Waals surface area contributed by atoms with Crippen molar-refractivity contribution in [3.8, 4) is 11.5 Å². The Morgan fingerprint density at radius 3 is 2.56 bits per heavy atom. The Morgan fingerprint density at radius 1 is 1.16 bits per heavy atom. The van der Waals surface area contributed by atoms with Crippen LogP contribution in [0.1, 0.15) is 32.1 Å². The van der Waals surface area contributed by atoms with Gasteiger partial charge in [0.15, 0.2) is 11.5 Å². The standard InChI is InChI=1S/C17H23NO6S/c1-18(12-17(19)24-13-5-3-2-4-6-13)25(20,21)14-7-8-15-16(11-14)23-10-9-22-15/h7-8,11,13H,2-6,9-10,12H2,1H3. The zero-order chi connectivity index (χ0) is 17.9. The molecule has 0 N–H and O–H groups in total. The monoisotopic (exact) mass is 369 g/mol. The Kier molecular flexibility index (Phi) is 5.48. The molecule has 1 aromatic rings. The van der Waals surface area contributed by atoms with Crippen LogP contribution < -0.4 is 9.47 Å². The minimum atomic E-state index is -3.81. The van der Waals surface area contributed by atoms with Crippen LogP contribution in [0, 0.1) is 0 Å². The number of likely N-dealkylation sites (N-methyl/N-ethyl adjacent to an activating group) is 1. The van der Waals surface area contributed by atoms with Gasteiger partial charge in [0.2, 0.25) is 10.0 Å². The molecule has 0 unspecified atom stereocenters. The highest BCUT2D eigenvalue weighted by Gasteiger charge is 2.27. The van der Waals surface area contributed by atoms with Gasteiger partial charge < -0.3 is 14.2 Å². The lowest BCUT2D eigenvalue weighted by Crippen LogP contribution is -2.35. The fraction of sp³-hybridized carbons (Fsp3) is 0.588. The SMILES string of the molecule is CN(CC(=O)OC1CCCCC1)S(=O)(=O)c1ccc2c(c1)OCCO2. The summed E-state index contributed by atoms with van der Waals surface area (Å²) in [4.78, 5) is 12.1. The summed E-state index contributed by atoms with van der Waals surface area (Å²) in [6.07, 6.45) is 4.86. The van der Waals surface area contributed by atoms with Crippen molar-refractivity contribution in [2.75, 3.05) is 26.8 Å². The smallest absolute Gasteiger partial charge is 0.321 e. The maximum atomic E-state index is 12.7. The third kappa shape index (κ3) is 4.24. The van der Waals surface area contributed by atoms with E-state index in [-0.39, 0.29) is 17.5 Å². The number of rotatable bonds is 5. The molecule has 8 heteroatoms. The summed E-state index contributed by atoms with van der Waals surface area (Å²) >= 11 is 0. The van der Waals surface area contributed by atoms with Gasteiger partial charge in [-0.25, -0.2) is 8.42 Å². The number of carbonyl (C=O) groups excluding carboxylic acids is 1. The lowest BCUT2D eigenvalue weighted by atomic mass is 9.98. The van der Waals surface area contributed by atoms with E-state index < -0.39 is 16.0 Å². The van der Waals surface area contributed by atoms with Crippen molar-refractivity contribution in [2.45, 2.75) is 43.1 Å². The summed E-state index contributed by atoms with van der Waals surface area (Å²) in [7, 11) is -2.44. The van der Waals surface area contributed by atoms with E-state index in [0.29, 0.717) is 24.7 Å². The maximum absolute atomic E-state index is 12.7. The van der Waals surface area contributed by atoms with Crippen LogP contribution in [0.5, 0.6) is 11.5 Å². The molecule has 0 radical (unpaired) electrons. The number of fused-ring (bicyclic) bond motifs is 1. The highest BCUT2D eigenvalue weighted by Crippen LogP contribution is 2.33. The summed E-state index contributed by atoms with van der Waals surface area (Å²) in [5, 5.41) is 0. The first-order chi connectivity index (χ1) is 12.0. The zero-order valence-corrected chi connectivity index (χ0v) is 15.1. The molecule has 0 amide bonds. The van der Waals surface area contributed by atoms with E-state index in [4.69, 9.17) is 14.2 Å². The first-order valence-corrected chi connectivity index (χ1v) is 9.96. The van der Waals surface area contributed by atoms with Crippen LogP contribution in [-0.4, -0.2) is 51.6 Å². The first kappa shape index (κ1) is 18.0. The quantitative estimate of drug-likeness (QED) is 0.738. The van der Waals surface area contributed by atoms with Crippen LogP contribution in [0.25, 0.3) is 0 Å². The molecule has 0 aromatic heterocycles. The molecule has 25 heavy (non-hydrogen) atoms. The molecule has 1 fully saturated rings. The van der Waals surface area contributed by atoms with Crippen LogP contribution in [0.4, 0.5) is 0 Å². The molecule has 0 spiro atoms. The molecular formula is C17H23NO6S. The Labute approximate surface area is 147 Å². The van der Waals surface area contributed by atoms with Crippen LogP contribution in [0.15, 0.2) is 23.1 Å². The molecule has 1 saturated carbocycles. The van der Waals surface area contributed by atoms with Gasteiger partial charge in [-0.1, -0.05) is 6.42 Å². The predicted octanol–water partition coefficient (Wildman–Crippen LogP) is 1.95. The second-order valence-electron chi connectivity index (χ2n) is 6.32. The van der Waals surface area contributed by atoms with E-state index in [2.05, 4.69) is 0 Å². The second-order valence-corrected chi connectivity index (χ2v) is 8.36. The normalized spacial score (nSPS) is 18.2. The van der Waals surface area contributed by atoms with Gasteiger partial charge in [-0.05, 0) is 37.8 Å². The largest absolute Gasteiger partial charge is 0.486 e. The average Bonchev–Trinajstić information content (AvgIpc) is 2.62. The number of benzene rings is 1. The van der Waals surface area contributed by atoms with Crippen molar-refractivity contribution in [2.24, 2.45) is 0 Å². The number of sulfonamides is 1. The topological polar surface area (TPSA) is 82.1 Å². The lowest BCUT2D eigenvalue weighted by molar-refractivity contribution is -0.150. The third-order valence-corrected chi connectivity index (χ3v) is 6.22. The van der Waals surface area contributed by atoms with E-state index in [9.17, 15) is 13.2 Å². The number of ether oxygens (including phenoxy) is 3. The number of hydrogen-bond donors (Lipinski definition) is 0. The molecule has 0 bridgehead atoms. The Hall–Kier alpha value is -1.80. The van der Waals surface area contributed by atoms with Crippen molar-refractivity contribution in [1.29, 1.82) is 0 Å². The maximum Gasteiger partial charge on any atom is 0.321 e. The molecule has 2 aliphatic rings. The van der Waals surface area contributed by atoms with Gasteiger partial charge >= 0.3 is 5.97 Å². The average molecular weight is 369 g/mol. The van der Waals surface area contributed by atoms with Crippen molar-refractivity contribution in [3.63, 3.8) is 0 Å². The van der Waals surface area contributed by atoms with Gasteiger partial charge in [-0.2, -0.15) is 4.31 Å². The lowest BCUT2D eigenvalue weighted by Gasteiger charge is -2.24. The molecule has 1 aromatic carbocycles. The Balaban J connectivity index is 1.65. The highest BCUT2D eigenvalue weighted by atomic mass is 32.2. The zero-order valence-electron chi connectivity index (χ0n) is 14.3. The van der Waals surface area contributed by atoms with Crippen LogP contribution in [-0.2, 0) is 19.6 Å². The van der Waals surface area contributed by atoms with Gasteiger partial charge in [0.05, 0.1) is 4.90 Å². The summed E-state index contributed by atoms with van der Waals surface area (Å²) in [6, 6.07) is 4.44. The molecule has 3 rings (SSSR count). The van der Waals surface area contributed by atoms with Crippen molar-refractivity contribution >= 4 is 16.0 Å². The summed E-state index contributed by atoms with van der Waals surface area (Å²) in [5.74, 6) is 0.394. The summed E-state index contributed by atoms with van der Waals surface area (Å²) < 4.78 is 42.5. The minimum absolute atomic E-state index is 0.0599. The van der Waals surface area contributed by atoms with Crippen molar-refractivity contribution in [3.05, 3.63) is 18.2 Å². The summed E-state index contributed by atoms with van der Waals surface area (Å²) in [6.45, 7) is 0.499. The van der Waals surface area contributed by atoms with Crippen LogP contribution in [0.3, 0.4) is 0 Å². The molecule has 138 valence electrons. The predicted molar refractivity (Wildman–Crippen MR) is 90.2 cm³/mol. The van der Waals surface area contributed by atoms with Crippen LogP contribution >= 0.6 is 0 Å². The number of nitrogens with zero attached hydrogens (tertiary/aromatic N) is 1. The van der Waals surface area contributed by atoms with Gasteiger partial charge in [-0.3, -0.25) is 4.79 Å². The molecule has 7 nitrogen and oxygen atoms in total. The number of esters is 1. The van der Waals surface area contributed by atoms with Gasteiger partial charge in [0.1, 0.15) is 25.9 Å². The van der Waals surface area contributed by atoms with E-state index >= 15 is 0 Å². The minimum Gasteiger partial charge on any atom is -0.486 e. The van der Waals surface area contributed by atoms with Gasteiger partial charge in [-0.15, -0.1) is 0 Å². The fourth-order valence-corrected chi connectivity index (χ4v) is 4.17. The third-order valence-electron chi connectivity index (χ3n) is 4.42. The second kappa shape index (κ2) is 7.61. The summed E-state index contributed by atoms with van der Waals surface area (Å²) in [5.41, 5.74) is 0. The van der Waals surface area contributed by atoms with Crippen LogP contribution in [0.2, 0.25) is 0 Å². The fourth-order valence-electron chi connectivity index (χ4n) is 3.04. The first-order valence-electron chi connectivity index (χ1n) is 8.52. The molecular weight excluding hydrogens is 346 g/mol. The Bertz CT molecular complexity index is 727. The molecule has 1 heterocycles. The molecule has 1 aliphatic carbocycles. The van der Waals surface area contributed by atoms with E-state index in [0.717, 1.165) is 36.4 Å². The van der Waals surface area contributed by atoms with E-state index in [1.807, 2.05) is 0 Å². The number of carbonyl (C=O) groups is 1.